The Hall–Kier alpha value is -1.32. The quantitative estimate of drug-likeness (QED) is 0.887. The van der Waals surface area contributed by atoms with Crippen LogP contribution < -0.4 is 5.32 Å². The van der Waals surface area contributed by atoms with Crippen LogP contribution in [0.2, 0.25) is 0 Å². The van der Waals surface area contributed by atoms with Crippen molar-refractivity contribution in [3.8, 4) is 0 Å². The van der Waals surface area contributed by atoms with E-state index in [9.17, 15) is 0 Å². The Morgan fingerprint density at radius 1 is 1.30 bits per heavy atom. The number of hydrogen-bond acceptors (Lipinski definition) is 3. The Balaban J connectivity index is 2.24. The fourth-order valence-electron chi connectivity index (χ4n) is 2.22. The molecule has 0 saturated heterocycles. The van der Waals surface area contributed by atoms with Gasteiger partial charge in [0.15, 0.2) is 0 Å². The molecule has 0 aliphatic carbocycles. The van der Waals surface area contributed by atoms with Gasteiger partial charge in [-0.15, -0.1) is 0 Å². The van der Waals surface area contributed by atoms with Gasteiger partial charge in [0.1, 0.15) is 11.3 Å². The van der Waals surface area contributed by atoms with E-state index in [1.807, 2.05) is 0 Å². The number of aryl methyl sites for hydroxylation is 1. The van der Waals surface area contributed by atoms with Gasteiger partial charge in [0, 0.05) is 5.39 Å². The molecule has 3 heteroatoms. The maximum absolute atomic E-state index is 6.04. The molecule has 110 valence electrons. The van der Waals surface area contributed by atoms with Crippen LogP contribution in [-0.4, -0.2) is 18.8 Å². The molecule has 0 aliphatic rings. The van der Waals surface area contributed by atoms with E-state index >= 15 is 0 Å². The lowest BCUT2D eigenvalue weighted by atomic mass is 10.1. The van der Waals surface area contributed by atoms with Crippen LogP contribution in [-0.2, 0) is 4.74 Å². The van der Waals surface area contributed by atoms with Crippen molar-refractivity contribution in [2.75, 3.05) is 13.2 Å². The molecule has 1 aromatic heterocycles. The van der Waals surface area contributed by atoms with E-state index in [2.05, 4.69) is 64.2 Å². The standard InChI is InChI=1S/C17H25NO2/c1-6-18-14(11-19-17(3,4)5)15-10-13-9-7-8-12(2)16(13)20-15/h7-10,14,18H,6,11H2,1-5H3. The van der Waals surface area contributed by atoms with Gasteiger partial charge in [0.2, 0.25) is 0 Å². The maximum atomic E-state index is 6.04. The molecule has 1 heterocycles. The minimum absolute atomic E-state index is 0.0889. The number of nitrogens with one attached hydrogen (secondary N) is 1. The minimum atomic E-state index is -0.143. The Labute approximate surface area is 121 Å². The normalized spacial score (nSPS) is 13.8. The van der Waals surface area contributed by atoms with Gasteiger partial charge in [-0.25, -0.2) is 0 Å². The van der Waals surface area contributed by atoms with Gasteiger partial charge >= 0.3 is 0 Å². The lowest BCUT2D eigenvalue weighted by Crippen LogP contribution is -2.30. The molecule has 0 fully saturated rings. The molecule has 0 saturated carbocycles. The fraction of sp³-hybridized carbons (Fsp3) is 0.529. The zero-order chi connectivity index (χ0) is 14.8. The summed E-state index contributed by atoms with van der Waals surface area (Å²) in [6, 6.07) is 8.42. The lowest BCUT2D eigenvalue weighted by molar-refractivity contribution is -0.0169. The molecule has 0 radical (unpaired) electrons. The summed E-state index contributed by atoms with van der Waals surface area (Å²) in [5, 5.41) is 4.58. The second-order valence-corrected chi connectivity index (χ2v) is 6.18. The summed E-state index contributed by atoms with van der Waals surface area (Å²) < 4.78 is 11.9. The summed E-state index contributed by atoms with van der Waals surface area (Å²) in [6.45, 7) is 11.9. The first-order chi connectivity index (χ1) is 9.40. The number of para-hydroxylation sites is 1. The van der Waals surface area contributed by atoms with E-state index in [4.69, 9.17) is 9.15 Å². The highest BCUT2D eigenvalue weighted by Gasteiger charge is 2.20. The van der Waals surface area contributed by atoms with Crippen molar-refractivity contribution in [2.24, 2.45) is 0 Å². The van der Waals surface area contributed by atoms with E-state index in [1.54, 1.807) is 0 Å². The first kappa shape index (κ1) is 15.1. The molecular weight excluding hydrogens is 250 g/mol. The van der Waals surface area contributed by atoms with Gasteiger partial charge < -0.3 is 14.5 Å². The molecule has 2 aromatic rings. The second-order valence-electron chi connectivity index (χ2n) is 6.18. The van der Waals surface area contributed by atoms with Gasteiger partial charge in [-0.1, -0.05) is 25.1 Å². The van der Waals surface area contributed by atoms with E-state index in [0.29, 0.717) is 6.61 Å². The molecule has 2 rings (SSSR count). The number of fused-ring (bicyclic) bond motifs is 1. The van der Waals surface area contributed by atoms with E-state index in [1.165, 1.54) is 5.56 Å². The van der Waals surface area contributed by atoms with Crippen molar-refractivity contribution >= 4 is 11.0 Å². The third-order valence-electron chi connectivity index (χ3n) is 3.24. The van der Waals surface area contributed by atoms with E-state index in [-0.39, 0.29) is 11.6 Å². The third-order valence-corrected chi connectivity index (χ3v) is 3.24. The highest BCUT2D eigenvalue weighted by Crippen LogP contribution is 2.27. The fourth-order valence-corrected chi connectivity index (χ4v) is 2.22. The van der Waals surface area contributed by atoms with Crippen molar-refractivity contribution in [3.05, 3.63) is 35.6 Å². The monoisotopic (exact) mass is 275 g/mol. The zero-order valence-corrected chi connectivity index (χ0v) is 13.1. The third kappa shape index (κ3) is 3.62. The van der Waals surface area contributed by atoms with Crippen LogP contribution in [0, 0.1) is 6.92 Å². The number of hydrogen-bond donors (Lipinski definition) is 1. The Morgan fingerprint density at radius 2 is 2.05 bits per heavy atom. The van der Waals surface area contributed by atoms with Crippen molar-refractivity contribution < 1.29 is 9.15 Å². The van der Waals surface area contributed by atoms with Crippen LogP contribution in [0.1, 0.15) is 45.1 Å². The first-order valence-electron chi connectivity index (χ1n) is 7.27. The molecular formula is C17H25NO2. The number of likely N-dealkylation sites (N-methyl/N-ethyl adjacent to an activating group) is 1. The van der Waals surface area contributed by atoms with Crippen LogP contribution in [0.5, 0.6) is 0 Å². The Morgan fingerprint density at radius 3 is 2.65 bits per heavy atom. The second kappa shape index (κ2) is 5.98. The van der Waals surface area contributed by atoms with Crippen LogP contribution in [0.4, 0.5) is 0 Å². The average Bonchev–Trinajstić information content (AvgIpc) is 2.78. The smallest absolute Gasteiger partial charge is 0.137 e. The summed E-state index contributed by atoms with van der Waals surface area (Å²) in [6.07, 6.45) is 0. The molecule has 1 N–H and O–H groups in total. The molecule has 1 aromatic carbocycles. The predicted octanol–water partition coefficient (Wildman–Crippen LogP) is 4.21. The topological polar surface area (TPSA) is 34.4 Å². The number of rotatable bonds is 5. The molecule has 0 amide bonds. The lowest BCUT2D eigenvalue weighted by Gasteiger charge is -2.23. The summed E-state index contributed by atoms with van der Waals surface area (Å²) >= 11 is 0. The largest absolute Gasteiger partial charge is 0.459 e. The predicted molar refractivity (Wildman–Crippen MR) is 83.1 cm³/mol. The van der Waals surface area contributed by atoms with Gasteiger partial charge in [-0.2, -0.15) is 0 Å². The van der Waals surface area contributed by atoms with Crippen molar-refractivity contribution in [3.63, 3.8) is 0 Å². The highest BCUT2D eigenvalue weighted by molar-refractivity contribution is 5.81. The Bertz CT molecular complexity index is 566. The van der Waals surface area contributed by atoms with Gasteiger partial charge in [0.05, 0.1) is 18.2 Å². The molecule has 0 spiro atoms. The van der Waals surface area contributed by atoms with Crippen molar-refractivity contribution in [2.45, 2.75) is 46.3 Å². The molecule has 3 nitrogen and oxygen atoms in total. The molecule has 1 unspecified atom stereocenters. The summed E-state index contributed by atoms with van der Waals surface area (Å²) in [7, 11) is 0. The highest BCUT2D eigenvalue weighted by atomic mass is 16.5. The van der Waals surface area contributed by atoms with Crippen molar-refractivity contribution in [1.82, 2.24) is 5.32 Å². The zero-order valence-electron chi connectivity index (χ0n) is 13.1. The average molecular weight is 275 g/mol. The van der Waals surface area contributed by atoms with Gasteiger partial charge in [-0.3, -0.25) is 0 Å². The van der Waals surface area contributed by atoms with Crippen molar-refractivity contribution in [1.29, 1.82) is 0 Å². The van der Waals surface area contributed by atoms with Gasteiger partial charge in [-0.05, 0) is 45.9 Å². The first-order valence-corrected chi connectivity index (χ1v) is 7.27. The SMILES string of the molecule is CCNC(COC(C)(C)C)c1cc2cccc(C)c2o1. The van der Waals surface area contributed by atoms with E-state index < -0.39 is 0 Å². The summed E-state index contributed by atoms with van der Waals surface area (Å²) in [4.78, 5) is 0. The van der Waals surface area contributed by atoms with E-state index in [0.717, 1.165) is 23.3 Å². The van der Waals surface area contributed by atoms with Crippen LogP contribution in [0.25, 0.3) is 11.0 Å². The molecule has 0 aliphatic heterocycles. The molecule has 0 bridgehead atoms. The van der Waals surface area contributed by atoms with Crippen LogP contribution in [0.3, 0.4) is 0 Å². The summed E-state index contributed by atoms with van der Waals surface area (Å²) in [5.74, 6) is 0.945. The summed E-state index contributed by atoms with van der Waals surface area (Å²) in [5.41, 5.74) is 2.00. The number of benzene rings is 1. The van der Waals surface area contributed by atoms with Gasteiger partial charge in [0.25, 0.3) is 0 Å². The number of furan rings is 1. The Kier molecular flexibility index (Phi) is 4.51. The molecule has 20 heavy (non-hydrogen) atoms. The minimum Gasteiger partial charge on any atom is -0.459 e. The number of ether oxygens (including phenoxy) is 1. The van der Waals surface area contributed by atoms with Crippen LogP contribution in [0.15, 0.2) is 28.7 Å². The van der Waals surface area contributed by atoms with Crippen LogP contribution >= 0.6 is 0 Å². The maximum Gasteiger partial charge on any atom is 0.137 e. The molecule has 1 atom stereocenters.